The predicted molar refractivity (Wildman–Crippen MR) is 103 cm³/mol. The smallest absolute Gasteiger partial charge is 0.230 e. The molecule has 5 nitrogen and oxygen atoms in total. The van der Waals surface area contributed by atoms with Crippen molar-refractivity contribution in [1.82, 2.24) is 15.5 Å². The van der Waals surface area contributed by atoms with E-state index in [1.54, 1.807) is 0 Å². The van der Waals surface area contributed by atoms with Crippen LogP contribution in [-0.2, 0) is 9.59 Å². The topological polar surface area (TPSA) is 61.4 Å². The van der Waals surface area contributed by atoms with Gasteiger partial charge in [-0.3, -0.25) is 9.59 Å². The van der Waals surface area contributed by atoms with Crippen LogP contribution in [0.1, 0.15) is 43.6 Å². The third-order valence-corrected chi connectivity index (χ3v) is 5.27. The Balaban J connectivity index is 1.79. The van der Waals surface area contributed by atoms with Crippen LogP contribution in [0.3, 0.4) is 0 Å². The molecule has 0 aliphatic carbocycles. The number of benzene rings is 1. The van der Waals surface area contributed by atoms with Crippen LogP contribution in [0, 0.1) is 0 Å². The Kier molecular flexibility index (Phi) is 6.83. The SMILES string of the molecule is O=C1CCNC/C=C/CCC(c2ccccc2)C(=O)N2CCC[C@@H]2CN1. The number of hydrogen-bond donors (Lipinski definition) is 2. The summed E-state index contributed by atoms with van der Waals surface area (Å²) < 4.78 is 0. The Morgan fingerprint density at radius 1 is 1.04 bits per heavy atom. The number of fused-ring (bicyclic) bond motifs is 1. The van der Waals surface area contributed by atoms with Crippen molar-refractivity contribution in [3.63, 3.8) is 0 Å². The van der Waals surface area contributed by atoms with Gasteiger partial charge in [0.1, 0.15) is 0 Å². The van der Waals surface area contributed by atoms with Gasteiger partial charge in [-0.1, -0.05) is 42.5 Å². The minimum Gasteiger partial charge on any atom is -0.354 e. The summed E-state index contributed by atoms with van der Waals surface area (Å²) in [5, 5.41) is 6.27. The lowest BCUT2D eigenvalue weighted by molar-refractivity contribution is -0.134. The van der Waals surface area contributed by atoms with Crippen LogP contribution in [-0.4, -0.2) is 48.9 Å². The van der Waals surface area contributed by atoms with Crippen molar-refractivity contribution in [1.29, 1.82) is 0 Å². The summed E-state index contributed by atoms with van der Waals surface area (Å²) in [6.07, 6.45) is 8.36. The first-order valence-corrected chi connectivity index (χ1v) is 9.73. The highest BCUT2D eigenvalue weighted by Gasteiger charge is 2.33. The van der Waals surface area contributed by atoms with Gasteiger partial charge in [0, 0.05) is 38.6 Å². The lowest BCUT2D eigenvalue weighted by Gasteiger charge is -2.29. The normalized spacial score (nSPS) is 27.2. The largest absolute Gasteiger partial charge is 0.354 e. The summed E-state index contributed by atoms with van der Waals surface area (Å²) in [6, 6.07) is 10.2. The fraction of sp³-hybridized carbons (Fsp3) is 0.524. The summed E-state index contributed by atoms with van der Waals surface area (Å²) in [6.45, 7) is 2.78. The fourth-order valence-corrected chi connectivity index (χ4v) is 3.83. The molecule has 5 heteroatoms. The van der Waals surface area contributed by atoms with Crippen molar-refractivity contribution in [2.24, 2.45) is 0 Å². The zero-order valence-corrected chi connectivity index (χ0v) is 15.3. The molecule has 2 heterocycles. The minimum absolute atomic E-state index is 0.0512. The molecule has 1 saturated heterocycles. The van der Waals surface area contributed by atoms with Gasteiger partial charge < -0.3 is 15.5 Å². The van der Waals surface area contributed by atoms with E-state index in [9.17, 15) is 9.59 Å². The second-order valence-corrected chi connectivity index (χ2v) is 7.10. The zero-order chi connectivity index (χ0) is 18.2. The molecule has 0 bridgehead atoms. The van der Waals surface area contributed by atoms with Gasteiger partial charge in [0.15, 0.2) is 0 Å². The number of amides is 2. The monoisotopic (exact) mass is 355 g/mol. The lowest BCUT2D eigenvalue weighted by atomic mass is 9.92. The highest BCUT2D eigenvalue weighted by molar-refractivity contribution is 5.84. The van der Waals surface area contributed by atoms with E-state index in [0.29, 0.717) is 19.5 Å². The van der Waals surface area contributed by atoms with Crippen molar-refractivity contribution >= 4 is 11.8 Å². The molecule has 2 amide bonds. The molecule has 2 aliphatic heterocycles. The van der Waals surface area contributed by atoms with E-state index in [1.807, 2.05) is 23.1 Å². The molecule has 1 fully saturated rings. The molecule has 0 saturated carbocycles. The molecule has 0 aromatic heterocycles. The maximum absolute atomic E-state index is 13.3. The fourth-order valence-electron chi connectivity index (χ4n) is 3.83. The van der Waals surface area contributed by atoms with E-state index in [-0.39, 0.29) is 23.8 Å². The second-order valence-electron chi connectivity index (χ2n) is 7.10. The van der Waals surface area contributed by atoms with E-state index >= 15 is 0 Å². The van der Waals surface area contributed by atoms with Gasteiger partial charge in [-0.25, -0.2) is 0 Å². The highest BCUT2D eigenvalue weighted by Crippen LogP contribution is 2.28. The van der Waals surface area contributed by atoms with Crippen LogP contribution in [0.4, 0.5) is 0 Å². The van der Waals surface area contributed by atoms with E-state index in [2.05, 4.69) is 34.9 Å². The Morgan fingerprint density at radius 3 is 2.73 bits per heavy atom. The second kappa shape index (κ2) is 9.53. The number of hydrogen-bond acceptors (Lipinski definition) is 3. The van der Waals surface area contributed by atoms with Gasteiger partial charge in [0.25, 0.3) is 0 Å². The summed E-state index contributed by atoms with van der Waals surface area (Å²) in [4.78, 5) is 27.3. The number of carbonyl (C=O) groups excluding carboxylic acids is 2. The zero-order valence-electron chi connectivity index (χ0n) is 15.3. The van der Waals surface area contributed by atoms with E-state index < -0.39 is 0 Å². The van der Waals surface area contributed by atoms with Crippen LogP contribution in [0.15, 0.2) is 42.5 Å². The van der Waals surface area contributed by atoms with Gasteiger partial charge in [0.05, 0.1) is 5.92 Å². The van der Waals surface area contributed by atoms with Gasteiger partial charge in [-0.05, 0) is 31.2 Å². The minimum atomic E-state index is -0.116. The van der Waals surface area contributed by atoms with Crippen molar-refractivity contribution < 1.29 is 9.59 Å². The number of nitrogens with zero attached hydrogens (tertiary/aromatic N) is 1. The Bertz CT molecular complexity index is 629. The molecule has 1 aromatic carbocycles. The van der Waals surface area contributed by atoms with Crippen molar-refractivity contribution in [3.05, 3.63) is 48.0 Å². The Labute approximate surface area is 155 Å². The maximum Gasteiger partial charge on any atom is 0.230 e. The molecular formula is C21H29N3O2. The van der Waals surface area contributed by atoms with Crippen molar-refractivity contribution in [2.45, 2.75) is 44.1 Å². The molecule has 3 rings (SSSR count). The van der Waals surface area contributed by atoms with E-state index in [1.165, 1.54) is 0 Å². The van der Waals surface area contributed by atoms with Gasteiger partial charge in [-0.15, -0.1) is 0 Å². The van der Waals surface area contributed by atoms with E-state index in [0.717, 1.165) is 44.3 Å². The first kappa shape index (κ1) is 18.6. The van der Waals surface area contributed by atoms with Crippen LogP contribution in [0.2, 0.25) is 0 Å². The Morgan fingerprint density at radius 2 is 1.88 bits per heavy atom. The molecule has 0 spiro atoms. The summed E-state index contributed by atoms with van der Waals surface area (Å²) in [5.74, 6) is 0.139. The molecule has 2 atom stereocenters. The van der Waals surface area contributed by atoms with Crippen LogP contribution < -0.4 is 10.6 Å². The molecule has 0 radical (unpaired) electrons. The summed E-state index contributed by atoms with van der Waals surface area (Å²) in [7, 11) is 0. The quantitative estimate of drug-likeness (QED) is 0.759. The first-order chi connectivity index (χ1) is 12.8. The standard InChI is InChI=1S/C21H29N3O2/c25-20-12-14-22-13-6-2-5-11-19(17-8-3-1-4-9-17)21(26)24-15-7-10-18(24)16-23-20/h1-4,6,8-9,18-19,22H,5,7,10-16H2,(H,23,25)/b6-2+/t18-,19?/m1/s1. The molecule has 1 unspecified atom stereocenters. The van der Waals surface area contributed by atoms with Gasteiger partial charge in [0.2, 0.25) is 11.8 Å². The molecule has 2 N–H and O–H groups in total. The molecular weight excluding hydrogens is 326 g/mol. The first-order valence-electron chi connectivity index (χ1n) is 9.73. The number of nitrogens with one attached hydrogen (secondary N) is 2. The predicted octanol–water partition coefficient (Wildman–Crippen LogP) is 2.21. The van der Waals surface area contributed by atoms with Crippen molar-refractivity contribution in [2.75, 3.05) is 26.2 Å². The molecule has 26 heavy (non-hydrogen) atoms. The molecule has 2 aliphatic rings. The van der Waals surface area contributed by atoms with Gasteiger partial charge >= 0.3 is 0 Å². The summed E-state index contributed by atoms with van der Waals surface area (Å²) in [5.41, 5.74) is 1.09. The van der Waals surface area contributed by atoms with Gasteiger partial charge in [-0.2, -0.15) is 0 Å². The number of rotatable bonds is 1. The van der Waals surface area contributed by atoms with E-state index in [4.69, 9.17) is 0 Å². The van der Waals surface area contributed by atoms with Crippen LogP contribution in [0.25, 0.3) is 0 Å². The maximum atomic E-state index is 13.3. The third kappa shape index (κ3) is 4.94. The Hall–Kier alpha value is -2.14. The number of allylic oxidation sites excluding steroid dienone is 1. The van der Waals surface area contributed by atoms with Crippen molar-refractivity contribution in [3.8, 4) is 0 Å². The molecule has 140 valence electrons. The third-order valence-electron chi connectivity index (χ3n) is 5.27. The average molecular weight is 355 g/mol. The van der Waals surface area contributed by atoms with Crippen LogP contribution >= 0.6 is 0 Å². The highest BCUT2D eigenvalue weighted by atomic mass is 16.2. The number of carbonyl (C=O) groups is 2. The average Bonchev–Trinajstić information content (AvgIpc) is 3.13. The lowest BCUT2D eigenvalue weighted by Crippen LogP contribution is -2.45. The molecule has 1 aromatic rings. The van der Waals surface area contributed by atoms with Crippen LogP contribution in [0.5, 0.6) is 0 Å². The summed E-state index contributed by atoms with van der Waals surface area (Å²) >= 11 is 0.